The maximum Gasteiger partial charge on any atom is 0.225 e. The van der Waals surface area contributed by atoms with Gasteiger partial charge in [0.25, 0.3) is 0 Å². The summed E-state index contributed by atoms with van der Waals surface area (Å²) in [5, 5.41) is 7.31. The fraction of sp³-hybridized carbons (Fsp3) is 0.355. The molecule has 0 fully saturated rings. The number of rotatable bonds is 14. The Kier molecular flexibility index (Phi) is 11.1. The Bertz CT molecular complexity index is 1470. The molecule has 0 aliphatic rings. The summed E-state index contributed by atoms with van der Waals surface area (Å²) in [5.41, 5.74) is 4.53. The fourth-order valence-electron chi connectivity index (χ4n) is 4.52. The van der Waals surface area contributed by atoms with Crippen molar-refractivity contribution in [3.63, 3.8) is 0 Å². The molecule has 0 saturated carbocycles. The summed E-state index contributed by atoms with van der Waals surface area (Å²) >= 11 is 2.92. The summed E-state index contributed by atoms with van der Waals surface area (Å²) in [6.07, 6.45) is 3.80. The third-order valence-corrected chi connectivity index (χ3v) is 9.39. The minimum Gasteiger partial charge on any atom is -0.495 e. The van der Waals surface area contributed by atoms with E-state index < -0.39 is 0 Å². The molecule has 0 radical (unpaired) electrons. The van der Waals surface area contributed by atoms with Gasteiger partial charge in [-0.05, 0) is 45.2 Å². The second-order valence-electron chi connectivity index (χ2n) is 9.93. The summed E-state index contributed by atoms with van der Waals surface area (Å²) in [4.78, 5) is 37.8. The van der Waals surface area contributed by atoms with E-state index in [1.807, 2.05) is 50.1 Å². The Morgan fingerprint density at radius 3 is 1.43 bits per heavy atom. The first kappa shape index (κ1) is 32.7. The summed E-state index contributed by atoms with van der Waals surface area (Å²) < 4.78 is 21.9. The van der Waals surface area contributed by atoms with Crippen LogP contribution in [0, 0.1) is 13.8 Å². The van der Waals surface area contributed by atoms with Gasteiger partial charge < -0.3 is 34.5 Å². The number of nitrogens with zero attached hydrogens (tertiary/aromatic N) is 3. The van der Waals surface area contributed by atoms with Crippen molar-refractivity contribution in [1.29, 1.82) is 0 Å². The number of ether oxygens (including phenoxy) is 4. The average Bonchev–Trinajstić information content (AvgIpc) is 3.54. The van der Waals surface area contributed by atoms with Crippen LogP contribution in [0.15, 0.2) is 36.7 Å². The molecule has 0 spiro atoms. The van der Waals surface area contributed by atoms with Crippen molar-refractivity contribution in [2.75, 3.05) is 59.2 Å². The van der Waals surface area contributed by atoms with E-state index in [2.05, 4.69) is 20.6 Å². The van der Waals surface area contributed by atoms with Gasteiger partial charge in [0.1, 0.15) is 11.5 Å². The van der Waals surface area contributed by atoms with Crippen molar-refractivity contribution in [3.05, 3.63) is 47.8 Å². The summed E-state index contributed by atoms with van der Waals surface area (Å²) in [6.45, 7) is 4.87. The second kappa shape index (κ2) is 15.0. The zero-order valence-corrected chi connectivity index (χ0v) is 27.5. The highest BCUT2D eigenvalue weighted by Crippen LogP contribution is 2.47. The first-order chi connectivity index (χ1) is 21.2. The summed E-state index contributed by atoms with van der Waals surface area (Å²) in [7, 11) is 8.37. The number of thiophene rings is 2. The molecule has 0 aliphatic heterocycles. The zero-order chi connectivity index (χ0) is 31.8. The molecule has 4 rings (SSSR count). The minimum atomic E-state index is -0.136. The smallest absolute Gasteiger partial charge is 0.225 e. The molecule has 13 heteroatoms. The molecule has 11 nitrogen and oxygen atoms in total. The maximum atomic E-state index is 12.5. The number of amides is 2. The number of hydrogen-bond donors (Lipinski definition) is 2. The Hall–Kier alpha value is -4.20. The minimum absolute atomic E-state index is 0.136. The van der Waals surface area contributed by atoms with Crippen LogP contribution >= 0.6 is 22.7 Å². The predicted octanol–water partition coefficient (Wildman–Crippen LogP) is 5.87. The van der Waals surface area contributed by atoms with Crippen LogP contribution in [-0.4, -0.2) is 75.3 Å². The Balaban J connectivity index is 1.21. The van der Waals surface area contributed by atoms with Crippen LogP contribution in [0.3, 0.4) is 0 Å². The van der Waals surface area contributed by atoms with Crippen molar-refractivity contribution in [2.24, 2.45) is 0 Å². The van der Waals surface area contributed by atoms with Gasteiger partial charge in [-0.15, -0.1) is 0 Å². The lowest BCUT2D eigenvalue weighted by atomic mass is 10.2. The standard InChI is InChI=1S/C31H37N5O6S2/c1-18-26(39-4)28(43-30(18)41-6)22-10-8-20(16-32-22)34-24(37)12-14-36(3)15-13-25(38)35-21-9-11-23(33-17-21)29-27(40-5)19(2)31(42-7)44-29/h8-11,16-17H,12-15H2,1-7H3,(H,34,37)(H,35,38). The predicted molar refractivity (Wildman–Crippen MR) is 175 cm³/mol. The van der Waals surface area contributed by atoms with E-state index in [9.17, 15) is 9.59 Å². The highest BCUT2D eigenvalue weighted by atomic mass is 32.1. The Morgan fingerprint density at radius 2 is 1.11 bits per heavy atom. The van der Waals surface area contributed by atoms with Crippen molar-refractivity contribution in [2.45, 2.75) is 26.7 Å². The number of carbonyl (C=O) groups excluding carboxylic acids is 2. The molecular weight excluding hydrogens is 603 g/mol. The molecule has 0 atom stereocenters. The molecule has 4 aromatic heterocycles. The van der Waals surface area contributed by atoms with Crippen molar-refractivity contribution in [1.82, 2.24) is 14.9 Å². The van der Waals surface area contributed by atoms with E-state index >= 15 is 0 Å². The largest absolute Gasteiger partial charge is 0.495 e. The lowest BCUT2D eigenvalue weighted by Gasteiger charge is -2.16. The molecule has 0 aromatic carbocycles. The lowest BCUT2D eigenvalue weighted by Crippen LogP contribution is -2.27. The van der Waals surface area contributed by atoms with Crippen LogP contribution in [0.25, 0.3) is 21.1 Å². The van der Waals surface area contributed by atoms with E-state index in [0.717, 1.165) is 53.9 Å². The molecule has 0 aliphatic carbocycles. The molecule has 2 N–H and O–H groups in total. The monoisotopic (exact) mass is 639 g/mol. The number of carbonyl (C=O) groups is 2. The maximum absolute atomic E-state index is 12.5. The van der Waals surface area contributed by atoms with Crippen molar-refractivity contribution in [3.8, 4) is 42.8 Å². The number of methoxy groups -OCH3 is 4. The molecule has 0 saturated heterocycles. The molecular formula is C31H37N5O6S2. The number of nitrogens with one attached hydrogen (secondary N) is 2. The molecule has 0 bridgehead atoms. The topological polar surface area (TPSA) is 124 Å². The Morgan fingerprint density at radius 1 is 0.705 bits per heavy atom. The molecule has 0 unspecified atom stereocenters. The molecule has 234 valence electrons. The van der Waals surface area contributed by atoms with E-state index in [0.29, 0.717) is 24.5 Å². The lowest BCUT2D eigenvalue weighted by molar-refractivity contribution is -0.116. The Labute approximate surface area is 265 Å². The van der Waals surface area contributed by atoms with Gasteiger partial charge in [-0.25, -0.2) is 0 Å². The highest BCUT2D eigenvalue weighted by molar-refractivity contribution is 7.18. The molecule has 4 heterocycles. The van der Waals surface area contributed by atoms with E-state index in [-0.39, 0.29) is 24.7 Å². The third-order valence-electron chi connectivity index (χ3n) is 6.88. The zero-order valence-electron chi connectivity index (χ0n) is 25.9. The molecule has 4 aromatic rings. The molecule has 44 heavy (non-hydrogen) atoms. The first-order valence-corrected chi connectivity index (χ1v) is 15.5. The number of pyridine rings is 2. The van der Waals surface area contributed by atoms with Gasteiger partial charge in [0.2, 0.25) is 11.8 Å². The summed E-state index contributed by atoms with van der Waals surface area (Å²) in [6, 6.07) is 7.30. The van der Waals surface area contributed by atoms with Crippen LogP contribution in [0.5, 0.6) is 21.6 Å². The first-order valence-electron chi connectivity index (χ1n) is 13.8. The molecule has 2 amide bonds. The van der Waals surface area contributed by atoms with E-state index in [1.165, 1.54) is 22.7 Å². The third kappa shape index (κ3) is 7.65. The van der Waals surface area contributed by atoms with Crippen molar-refractivity contribution >= 4 is 45.9 Å². The summed E-state index contributed by atoms with van der Waals surface area (Å²) in [5.74, 6) is 1.19. The van der Waals surface area contributed by atoms with Crippen LogP contribution in [-0.2, 0) is 9.59 Å². The normalized spacial score (nSPS) is 10.9. The highest BCUT2D eigenvalue weighted by Gasteiger charge is 2.20. The van der Waals surface area contributed by atoms with E-state index in [4.69, 9.17) is 18.9 Å². The van der Waals surface area contributed by atoms with Gasteiger partial charge in [0.15, 0.2) is 10.1 Å². The van der Waals surface area contributed by atoms with Gasteiger partial charge in [0, 0.05) is 37.1 Å². The van der Waals surface area contributed by atoms with Crippen molar-refractivity contribution < 1.29 is 28.5 Å². The van der Waals surface area contributed by atoms with Gasteiger partial charge >= 0.3 is 0 Å². The second-order valence-corrected chi connectivity index (χ2v) is 11.9. The quantitative estimate of drug-likeness (QED) is 0.174. The van der Waals surface area contributed by atoms with Gasteiger partial charge in [0.05, 0.1) is 73.3 Å². The SMILES string of the molecule is COc1sc(-c2ccc(NC(=O)CCN(C)CCC(=O)Nc3ccc(-c4sc(OC)c(C)c4OC)nc3)cn2)c(OC)c1C. The number of anilines is 2. The number of aromatic nitrogens is 2. The average molecular weight is 640 g/mol. The van der Waals surface area contributed by atoms with Crippen LogP contribution in [0.4, 0.5) is 11.4 Å². The van der Waals surface area contributed by atoms with Crippen LogP contribution in [0.2, 0.25) is 0 Å². The van der Waals surface area contributed by atoms with Gasteiger partial charge in [-0.1, -0.05) is 22.7 Å². The van der Waals surface area contributed by atoms with Gasteiger partial charge in [-0.2, -0.15) is 0 Å². The van der Waals surface area contributed by atoms with Crippen LogP contribution in [0.1, 0.15) is 24.0 Å². The van der Waals surface area contributed by atoms with Gasteiger partial charge in [-0.3, -0.25) is 19.6 Å². The number of hydrogen-bond acceptors (Lipinski definition) is 11. The van der Waals surface area contributed by atoms with Crippen LogP contribution < -0.4 is 29.6 Å². The fourth-order valence-corrected chi connectivity index (χ4v) is 6.66. The van der Waals surface area contributed by atoms with E-state index in [1.54, 1.807) is 40.8 Å².